The summed E-state index contributed by atoms with van der Waals surface area (Å²) in [5.41, 5.74) is 1.73. The molecule has 31 heavy (non-hydrogen) atoms. The van der Waals surface area contributed by atoms with Gasteiger partial charge in [-0.3, -0.25) is 4.79 Å². The maximum Gasteiger partial charge on any atom is 0.341 e. The number of hydrogen-bond donors (Lipinski definition) is 1. The Labute approximate surface area is 189 Å². The average Bonchev–Trinajstić information content (AvgIpc) is 3.08. The number of esters is 1. The molecule has 2 aromatic carbocycles. The minimum absolute atomic E-state index is 0.242. The van der Waals surface area contributed by atoms with Gasteiger partial charge in [0, 0.05) is 15.5 Å². The molecule has 0 atom stereocenters. The van der Waals surface area contributed by atoms with Gasteiger partial charge in [0.1, 0.15) is 10.6 Å². The highest BCUT2D eigenvalue weighted by Crippen LogP contribution is 2.41. The SMILES string of the molecule is CCOc1ccccc1OCC(=O)Nc1sc(C)c(-c2cccc(Cl)c2)c1C(=O)OC. The Balaban J connectivity index is 1.84. The predicted molar refractivity (Wildman–Crippen MR) is 123 cm³/mol. The summed E-state index contributed by atoms with van der Waals surface area (Å²) in [5, 5.41) is 3.71. The molecule has 0 aliphatic rings. The summed E-state index contributed by atoms with van der Waals surface area (Å²) in [6.07, 6.45) is 0. The van der Waals surface area contributed by atoms with Gasteiger partial charge in [-0.05, 0) is 43.7 Å². The summed E-state index contributed by atoms with van der Waals surface area (Å²) in [4.78, 5) is 26.0. The van der Waals surface area contributed by atoms with Crippen molar-refractivity contribution in [2.24, 2.45) is 0 Å². The highest BCUT2D eigenvalue weighted by Gasteiger charge is 2.25. The number of methoxy groups -OCH3 is 1. The summed E-state index contributed by atoms with van der Waals surface area (Å²) < 4.78 is 16.1. The molecule has 0 fully saturated rings. The lowest BCUT2D eigenvalue weighted by molar-refractivity contribution is -0.118. The summed E-state index contributed by atoms with van der Waals surface area (Å²) in [5.74, 6) is 0.0745. The van der Waals surface area contributed by atoms with Crippen molar-refractivity contribution in [3.8, 4) is 22.6 Å². The van der Waals surface area contributed by atoms with E-state index in [-0.39, 0.29) is 12.2 Å². The van der Waals surface area contributed by atoms with Crippen LogP contribution in [0.2, 0.25) is 5.02 Å². The number of halogens is 1. The van der Waals surface area contributed by atoms with Crippen molar-refractivity contribution in [3.63, 3.8) is 0 Å². The molecule has 1 N–H and O–H groups in total. The molecule has 0 radical (unpaired) electrons. The van der Waals surface area contributed by atoms with Crippen LogP contribution >= 0.6 is 22.9 Å². The second kappa shape index (κ2) is 10.3. The molecular formula is C23H22ClNO5S. The molecule has 1 heterocycles. The van der Waals surface area contributed by atoms with Crippen LogP contribution < -0.4 is 14.8 Å². The molecule has 1 amide bonds. The fourth-order valence-electron chi connectivity index (χ4n) is 3.07. The van der Waals surface area contributed by atoms with Crippen molar-refractivity contribution in [3.05, 3.63) is 64.0 Å². The number of carbonyl (C=O) groups excluding carboxylic acids is 2. The van der Waals surface area contributed by atoms with E-state index in [9.17, 15) is 9.59 Å². The van der Waals surface area contributed by atoms with Crippen LogP contribution in [0.4, 0.5) is 5.00 Å². The van der Waals surface area contributed by atoms with E-state index < -0.39 is 11.9 Å². The van der Waals surface area contributed by atoms with Crippen LogP contribution in [-0.4, -0.2) is 32.2 Å². The van der Waals surface area contributed by atoms with Gasteiger partial charge in [0.2, 0.25) is 0 Å². The second-order valence-electron chi connectivity index (χ2n) is 6.46. The molecule has 8 heteroatoms. The zero-order valence-electron chi connectivity index (χ0n) is 17.4. The number of carbonyl (C=O) groups is 2. The largest absolute Gasteiger partial charge is 0.490 e. The maximum absolute atomic E-state index is 12.6. The first-order valence-electron chi connectivity index (χ1n) is 9.56. The Bertz CT molecular complexity index is 1100. The molecule has 0 bridgehead atoms. The van der Waals surface area contributed by atoms with Crippen LogP contribution in [0, 0.1) is 6.92 Å². The average molecular weight is 460 g/mol. The lowest BCUT2D eigenvalue weighted by atomic mass is 10.0. The van der Waals surface area contributed by atoms with Gasteiger partial charge in [0.25, 0.3) is 5.91 Å². The van der Waals surface area contributed by atoms with Crippen molar-refractivity contribution in [1.82, 2.24) is 0 Å². The van der Waals surface area contributed by atoms with E-state index in [0.717, 1.165) is 10.4 Å². The van der Waals surface area contributed by atoms with Crippen molar-refractivity contribution >= 4 is 39.8 Å². The van der Waals surface area contributed by atoms with Gasteiger partial charge in [-0.15, -0.1) is 11.3 Å². The quantitative estimate of drug-likeness (QED) is 0.445. The van der Waals surface area contributed by atoms with Gasteiger partial charge in [-0.25, -0.2) is 4.79 Å². The Morgan fingerprint density at radius 2 is 1.77 bits per heavy atom. The number of benzene rings is 2. The minimum Gasteiger partial charge on any atom is -0.490 e. The van der Waals surface area contributed by atoms with E-state index in [2.05, 4.69) is 5.32 Å². The van der Waals surface area contributed by atoms with Gasteiger partial charge < -0.3 is 19.5 Å². The second-order valence-corrected chi connectivity index (χ2v) is 8.12. The fraction of sp³-hybridized carbons (Fsp3) is 0.217. The first-order chi connectivity index (χ1) is 14.9. The predicted octanol–water partition coefficient (Wildman–Crippen LogP) is 5.58. The summed E-state index contributed by atoms with van der Waals surface area (Å²) in [6, 6.07) is 14.3. The first kappa shape index (κ1) is 22.7. The van der Waals surface area contributed by atoms with Crippen molar-refractivity contribution < 1.29 is 23.8 Å². The molecule has 0 unspecified atom stereocenters. The smallest absolute Gasteiger partial charge is 0.341 e. The number of rotatable bonds is 8. The van der Waals surface area contributed by atoms with Crippen LogP contribution in [0.3, 0.4) is 0 Å². The third-order valence-electron chi connectivity index (χ3n) is 4.35. The lowest BCUT2D eigenvalue weighted by Gasteiger charge is -2.12. The maximum atomic E-state index is 12.6. The van der Waals surface area contributed by atoms with Crippen LogP contribution in [-0.2, 0) is 9.53 Å². The number of aryl methyl sites for hydroxylation is 1. The number of hydrogen-bond acceptors (Lipinski definition) is 6. The van der Waals surface area contributed by atoms with E-state index in [1.165, 1.54) is 18.4 Å². The molecule has 3 rings (SSSR count). The van der Waals surface area contributed by atoms with Gasteiger partial charge in [0.15, 0.2) is 18.1 Å². The fourth-order valence-corrected chi connectivity index (χ4v) is 4.34. The Morgan fingerprint density at radius 1 is 1.06 bits per heavy atom. The topological polar surface area (TPSA) is 73.9 Å². The van der Waals surface area contributed by atoms with E-state index in [1.807, 2.05) is 26.0 Å². The van der Waals surface area contributed by atoms with E-state index in [1.54, 1.807) is 36.4 Å². The van der Waals surface area contributed by atoms with Crippen molar-refractivity contribution in [2.45, 2.75) is 13.8 Å². The summed E-state index contributed by atoms with van der Waals surface area (Å²) in [7, 11) is 1.30. The first-order valence-corrected chi connectivity index (χ1v) is 10.8. The van der Waals surface area contributed by atoms with Gasteiger partial charge in [0.05, 0.1) is 13.7 Å². The third-order valence-corrected chi connectivity index (χ3v) is 5.60. The van der Waals surface area contributed by atoms with E-state index in [0.29, 0.717) is 33.7 Å². The number of thiophene rings is 1. The van der Waals surface area contributed by atoms with Gasteiger partial charge in [-0.2, -0.15) is 0 Å². The molecule has 0 saturated heterocycles. The van der Waals surface area contributed by atoms with E-state index >= 15 is 0 Å². The summed E-state index contributed by atoms with van der Waals surface area (Å²) in [6.45, 7) is 3.98. The lowest BCUT2D eigenvalue weighted by Crippen LogP contribution is -2.21. The number of amides is 1. The normalized spacial score (nSPS) is 10.5. The summed E-state index contributed by atoms with van der Waals surface area (Å²) >= 11 is 7.42. The molecule has 0 spiro atoms. The van der Waals surface area contributed by atoms with Crippen molar-refractivity contribution in [1.29, 1.82) is 0 Å². The number of anilines is 1. The standard InChI is InChI=1S/C23H22ClNO5S/c1-4-29-17-10-5-6-11-18(17)30-13-19(26)25-22-21(23(27)28-3)20(14(2)31-22)15-8-7-9-16(24)12-15/h5-12H,4,13H2,1-3H3,(H,25,26). The molecular weight excluding hydrogens is 438 g/mol. The monoisotopic (exact) mass is 459 g/mol. The number of para-hydroxylation sites is 2. The Morgan fingerprint density at radius 3 is 2.42 bits per heavy atom. The highest BCUT2D eigenvalue weighted by atomic mass is 35.5. The Kier molecular flexibility index (Phi) is 7.55. The zero-order valence-corrected chi connectivity index (χ0v) is 18.9. The molecule has 0 saturated carbocycles. The van der Waals surface area contributed by atoms with Crippen LogP contribution in [0.5, 0.6) is 11.5 Å². The van der Waals surface area contributed by atoms with Crippen molar-refractivity contribution in [2.75, 3.05) is 25.6 Å². The van der Waals surface area contributed by atoms with Gasteiger partial charge >= 0.3 is 5.97 Å². The van der Waals surface area contributed by atoms with Crippen LogP contribution in [0.15, 0.2) is 48.5 Å². The minimum atomic E-state index is -0.544. The third kappa shape index (κ3) is 5.37. The molecule has 0 aliphatic carbocycles. The van der Waals surface area contributed by atoms with Gasteiger partial charge in [-0.1, -0.05) is 35.9 Å². The number of nitrogens with one attached hydrogen (secondary N) is 1. The molecule has 3 aromatic rings. The molecule has 0 aliphatic heterocycles. The zero-order chi connectivity index (χ0) is 22.4. The van der Waals surface area contributed by atoms with Crippen LogP contribution in [0.25, 0.3) is 11.1 Å². The molecule has 1 aromatic heterocycles. The number of ether oxygens (including phenoxy) is 3. The highest BCUT2D eigenvalue weighted by molar-refractivity contribution is 7.17. The van der Waals surface area contributed by atoms with Crippen LogP contribution in [0.1, 0.15) is 22.2 Å². The van der Waals surface area contributed by atoms with E-state index in [4.69, 9.17) is 25.8 Å². The Hall–Kier alpha value is -3.03. The molecule has 162 valence electrons. The molecule has 6 nitrogen and oxygen atoms in total.